The Bertz CT molecular complexity index is 1760. The summed E-state index contributed by atoms with van der Waals surface area (Å²) >= 11 is 0. The molecule has 0 amide bonds. The predicted octanol–water partition coefficient (Wildman–Crippen LogP) is 9.01. The van der Waals surface area contributed by atoms with Crippen LogP contribution in [0.2, 0.25) is 0 Å². The highest BCUT2D eigenvalue weighted by atomic mass is 16.5. The van der Waals surface area contributed by atoms with Crippen LogP contribution >= 0.6 is 0 Å². The molecule has 8 rings (SSSR count). The monoisotopic (exact) mass is 513 g/mol. The summed E-state index contributed by atoms with van der Waals surface area (Å²) in [4.78, 5) is 0. The van der Waals surface area contributed by atoms with Crippen molar-refractivity contribution in [1.82, 2.24) is 0 Å². The SMILES string of the molecule is N#Cc1ccc(-c2ccc(-c3cccc4c3Oc3ccccc3C43C4C=CC=CC4C4C=CC=CC43)cc2)cc1. The average Bonchev–Trinajstić information content (AvgIpc) is 3.32. The molecule has 1 aliphatic heterocycles. The quantitative estimate of drug-likeness (QED) is 0.268. The zero-order valence-corrected chi connectivity index (χ0v) is 21.9. The Morgan fingerprint density at radius 3 is 1.82 bits per heavy atom. The second kappa shape index (κ2) is 8.83. The summed E-state index contributed by atoms with van der Waals surface area (Å²) < 4.78 is 6.83. The number of allylic oxidation sites excluding steroid dienone is 8. The lowest BCUT2D eigenvalue weighted by Gasteiger charge is -2.45. The van der Waals surface area contributed by atoms with Crippen molar-refractivity contribution in [3.8, 4) is 39.8 Å². The molecule has 0 radical (unpaired) electrons. The van der Waals surface area contributed by atoms with Crippen LogP contribution < -0.4 is 4.74 Å². The molecule has 4 aliphatic rings. The lowest BCUT2D eigenvalue weighted by atomic mass is 9.59. The van der Waals surface area contributed by atoms with Crippen LogP contribution in [0.5, 0.6) is 11.5 Å². The minimum absolute atomic E-state index is 0.222. The van der Waals surface area contributed by atoms with Gasteiger partial charge in [-0.25, -0.2) is 0 Å². The number of nitriles is 1. The van der Waals surface area contributed by atoms with Gasteiger partial charge >= 0.3 is 0 Å². The Hall–Kier alpha value is -4.87. The third kappa shape index (κ3) is 3.15. The second-order valence-electron chi connectivity index (χ2n) is 11.2. The summed E-state index contributed by atoms with van der Waals surface area (Å²) in [6.45, 7) is 0. The first-order chi connectivity index (χ1) is 19.8. The maximum Gasteiger partial charge on any atom is 0.139 e. The van der Waals surface area contributed by atoms with E-state index in [2.05, 4.69) is 121 Å². The van der Waals surface area contributed by atoms with Crippen molar-refractivity contribution in [2.75, 3.05) is 0 Å². The van der Waals surface area contributed by atoms with Crippen LogP contribution in [0.25, 0.3) is 22.3 Å². The number of hydrogen-bond acceptors (Lipinski definition) is 2. The van der Waals surface area contributed by atoms with Gasteiger partial charge in [-0.2, -0.15) is 5.26 Å². The Morgan fingerprint density at radius 2 is 1.15 bits per heavy atom. The summed E-state index contributed by atoms with van der Waals surface area (Å²) in [6.07, 6.45) is 18.6. The second-order valence-corrected chi connectivity index (χ2v) is 11.2. The number of ether oxygens (including phenoxy) is 1. The van der Waals surface area contributed by atoms with Gasteiger partial charge in [0.25, 0.3) is 0 Å². The van der Waals surface area contributed by atoms with Crippen molar-refractivity contribution in [2.24, 2.45) is 23.7 Å². The first-order valence-corrected chi connectivity index (χ1v) is 14.0. The maximum absolute atomic E-state index is 9.15. The summed E-state index contributed by atoms with van der Waals surface area (Å²) in [5.74, 6) is 3.46. The molecule has 4 aromatic carbocycles. The van der Waals surface area contributed by atoms with Crippen LogP contribution in [-0.2, 0) is 5.41 Å². The van der Waals surface area contributed by atoms with Crippen molar-refractivity contribution in [3.05, 3.63) is 156 Å². The lowest BCUT2D eigenvalue weighted by molar-refractivity contribution is 0.311. The number of nitrogens with zero attached hydrogens (tertiary/aromatic N) is 1. The molecule has 2 heteroatoms. The summed E-state index contributed by atoms with van der Waals surface area (Å²) in [5.41, 5.74) is 7.49. The van der Waals surface area contributed by atoms with E-state index in [4.69, 9.17) is 10.00 Å². The molecular weight excluding hydrogens is 486 g/mol. The van der Waals surface area contributed by atoms with E-state index < -0.39 is 0 Å². The zero-order chi connectivity index (χ0) is 26.7. The first kappa shape index (κ1) is 23.1. The standard InChI is InChI=1S/C38H27NO/c39-24-25-16-18-26(19-17-25)27-20-22-28(23-21-27)29-10-7-14-35-37(29)40-36-15-6-5-13-34(36)38(35)32-11-3-1-8-30(32)31-9-2-4-12-33(31)38/h1-23,30-33H. The zero-order valence-electron chi connectivity index (χ0n) is 21.9. The molecule has 2 nitrogen and oxygen atoms in total. The van der Waals surface area contributed by atoms with Gasteiger partial charge < -0.3 is 4.74 Å². The summed E-state index contributed by atoms with van der Waals surface area (Å²) in [5, 5.41) is 9.15. The van der Waals surface area contributed by atoms with Gasteiger partial charge in [-0.3, -0.25) is 0 Å². The van der Waals surface area contributed by atoms with Crippen LogP contribution in [0.1, 0.15) is 16.7 Å². The van der Waals surface area contributed by atoms with E-state index in [0.717, 1.165) is 33.8 Å². The molecule has 4 atom stereocenters. The summed E-state index contributed by atoms with van der Waals surface area (Å²) in [7, 11) is 0. The highest BCUT2D eigenvalue weighted by Crippen LogP contribution is 2.67. The normalized spacial score (nSPS) is 26.4. The van der Waals surface area contributed by atoms with Crippen LogP contribution in [0.3, 0.4) is 0 Å². The molecule has 1 saturated carbocycles. The van der Waals surface area contributed by atoms with E-state index in [0.29, 0.717) is 29.2 Å². The van der Waals surface area contributed by atoms with Crippen molar-refractivity contribution in [2.45, 2.75) is 5.41 Å². The number of rotatable bonds is 2. The van der Waals surface area contributed by atoms with Crippen LogP contribution in [0, 0.1) is 35.0 Å². The van der Waals surface area contributed by atoms with Crippen LogP contribution in [0.15, 0.2) is 140 Å². The van der Waals surface area contributed by atoms with Gasteiger partial charge in [0.2, 0.25) is 0 Å². The van der Waals surface area contributed by atoms with Gasteiger partial charge in [0.15, 0.2) is 0 Å². The van der Waals surface area contributed by atoms with Gasteiger partial charge in [-0.05, 0) is 58.6 Å². The Morgan fingerprint density at radius 1 is 0.575 bits per heavy atom. The first-order valence-electron chi connectivity index (χ1n) is 14.0. The van der Waals surface area contributed by atoms with Crippen molar-refractivity contribution >= 4 is 0 Å². The van der Waals surface area contributed by atoms with Crippen LogP contribution in [-0.4, -0.2) is 0 Å². The van der Waals surface area contributed by atoms with E-state index in [1.807, 2.05) is 24.3 Å². The van der Waals surface area contributed by atoms with Gasteiger partial charge in [0.1, 0.15) is 11.5 Å². The van der Waals surface area contributed by atoms with E-state index in [-0.39, 0.29) is 5.41 Å². The molecule has 1 spiro atoms. The molecule has 0 bridgehead atoms. The van der Waals surface area contributed by atoms with Crippen molar-refractivity contribution < 1.29 is 4.74 Å². The summed E-state index contributed by atoms with van der Waals surface area (Å²) in [6, 6.07) is 34.0. The lowest BCUT2D eigenvalue weighted by Crippen LogP contribution is -2.41. The number of benzene rings is 4. The average molecular weight is 514 g/mol. The van der Waals surface area contributed by atoms with E-state index >= 15 is 0 Å². The van der Waals surface area contributed by atoms with Gasteiger partial charge in [-0.15, -0.1) is 0 Å². The molecule has 190 valence electrons. The Balaban J connectivity index is 1.30. The molecule has 4 aromatic rings. The van der Waals surface area contributed by atoms with Crippen LogP contribution in [0.4, 0.5) is 0 Å². The van der Waals surface area contributed by atoms with Crippen molar-refractivity contribution in [1.29, 1.82) is 5.26 Å². The number of fused-ring (bicyclic) bond motifs is 9. The molecular formula is C38H27NO. The predicted molar refractivity (Wildman–Crippen MR) is 160 cm³/mol. The number of para-hydroxylation sites is 2. The third-order valence-corrected chi connectivity index (χ3v) is 9.40. The maximum atomic E-state index is 9.15. The highest BCUT2D eigenvalue weighted by molar-refractivity contribution is 5.79. The van der Waals surface area contributed by atoms with E-state index in [1.165, 1.54) is 11.1 Å². The molecule has 3 aliphatic carbocycles. The fourth-order valence-corrected chi connectivity index (χ4v) is 7.77. The van der Waals surface area contributed by atoms with Crippen molar-refractivity contribution in [3.63, 3.8) is 0 Å². The minimum atomic E-state index is -0.222. The van der Waals surface area contributed by atoms with E-state index in [1.54, 1.807) is 0 Å². The topological polar surface area (TPSA) is 33.0 Å². The molecule has 4 unspecified atom stereocenters. The number of hydrogen-bond donors (Lipinski definition) is 0. The molecule has 0 saturated heterocycles. The molecule has 0 N–H and O–H groups in total. The molecule has 40 heavy (non-hydrogen) atoms. The molecule has 0 aromatic heterocycles. The fraction of sp³-hybridized carbons (Fsp3) is 0.132. The van der Waals surface area contributed by atoms with Gasteiger partial charge in [-0.1, -0.05) is 121 Å². The smallest absolute Gasteiger partial charge is 0.139 e. The molecule has 1 fully saturated rings. The van der Waals surface area contributed by atoms with E-state index in [9.17, 15) is 0 Å². The largest absolute Gasteiger partial charge is 0.456 e. The van der Waals surface area contributed by atoms with Gasteiger partial charge in [0, 0.05) is 22.1 Å². The fourth-order valence-electron chi connectivity index (χ4n) is 7.77. The Kier molecular flexibility index (Phi) is 5.09. The highest BCUT2D eigenvalue weighted by Gasteiger charge is 2.62. The third-order valence-electron chi connectivity index (χ3n) is 9.40. The van der Waals surface area contributed by atoms with Gasteiger partial charge in [0.05, 0.1) is 11.6 Å². The Labute approximate surface area is 234 Å². The molecule has 1 heterocycles. The minimum Gasteiger partial charge on any atom is -0.456 e.